The van der Waals surface area contributed by atoms with E-state index in [0.717, 1.165) is 0 Å². The van der Waals surface area contributed by atoms with Gasteiger partial charge in [0.1, 0.15) is 0 Å². The van der Waals surface area contributed by atoms with Gasteiger partial charge in [0.05, 0.1) is 19.6 Å². The van der Waals surface area contributed by atoms with Crippen molar-refractivity contribution in [3.63, 3.8) is 0 Å². The molecule has 0 atom stereocenters. The molecule has 0 aliphatic rings. The number of nitrogens with zero attached hydrogens (tertiary/aromatic N) is 1. The molecule has 82 valence electrons. The van der Waals surface area contributed by atoms with E-state index in [1.54, 1.807) is 0 Å². The molecule has 0 aliphatic carbocycles. The maximum atomic E-state index is 11.8. The molecule has 0 saturated carbocycles. The van der Waals surface area contributed by atoms with Crippen molar-refractivity contribution in [2.75, 3.05) is 19.6 Å². The van der Waals surface area contributed by atoms with Crippen LogP contribution in [0.2, 0.25) is 0 Å². The van der Waals surface area contributed by atoms with Gasteiger partial charge in [0.2, 0.25) is 0 Å². The van der Waals surface area contributed by atoms with Crippen LogP contribution in [-0.2, 0) is 9.59 Å². The molecule has 0 bridgehead atoms. The monoisotopic (exact) mass is 215 g/mol. The first-order valence-electron chi connectivity index (χ1n) is 3.43. The molecule has 0 radical (unpaired) electrons. The van der Waals surface area contributed by atoms with Gasteiger partial charge in [-0.3, -0.25) is 14.5 Å². The van der Waals surface area contributed by atoms with Crippen LogP contribution in [0.1, 0.15) is 0 Å². The third-order valence-corrected chi connectivity index (χ3v) is 1.12. The third kappa shape index (κ3) is 7.35. The van der Waals surface area contributed by atoms with Gasteiger partial charge in [-0.15, -0.1) is 0 Å². The first-order chi connectivity index (χ1) is 6.20. The zero-order valence-electron chi connectivity index (χ0n) is 6.91. The highest BCUT2D eigenvalue weighted by atomic mass is 19.4. The summed E-state index contributed by atoms with van der Waals surface area (Å²) in [4.78, 5) is 20.4. The summed E-state index contributed by atoms with van der Waals surface area (Å²) in [6, 6.07) is 0. The normalized spacial score (nSPS) is 11.7. The molecule has 0 spiro atoms. The number of rotatable bonds is 5. The largest absolute Gasteiger partial charge is 0.480 e. The summed E-state index contributed by atoms with van der Waals surface area (Å²) in [5.41, 5.74) is 0. The molecular weight excluding hydrogens is 207 g/mol. The van der Waals surface area contributed by atoms with Gasteiger partial charge in [0.25, 0.3) is 0 Å². The Morgan fingerprint density at radius 1 is 1.07 bits per heavy atom. The molecule has 0 amide bonds. The van der Waals surface area contributed by atoms with Gasteiger partial charge in [0.15, 0.2) is 0 Å². The quantitative estimate of drug-likeness (QED) is 0.675. The van der Waals surface area contributed by atoms with Crippen LogP contribution in [0.15, 0.2) is 0 Å². The van der Waals surface area contributed by atoms with Crippen LogP contribution < -0.4 is 0 Å². The van der Waals surface area contributed by atoms with Gasteiger partial charge < -0.3 is 10.2 Å². The predicted octanol–water partition coefficient (Wildman–Crippen LogP) is 0.0199. The van der Waals surface area contributed by atoms with Crippen molar-refractivity contribution >= 4 is 11.9 Å². The smallest absolute Gasteiger partial charge is 0.401 e. The molecule has 0 aromatic heterocycles. The highest BCUT2D eigenvalue weighted by Gasteiger charge is 2.32. The van der Waals surface area contributed by atoms with Crippen LogP contribution in [-0.4, -0.2) is 52.9 Å². The summed E-state index contributed by atoms with van der Waals surface area (Å²) < 4.78 is 35.3. The van der Waals surface area contributed by atoms with Gasteiger partial charge in [-0.2, -0.15) is 13.2 Å². The molecule has 0 rings (SSSR count). The number of halogens is 3. The van der Waals surface area contributed by atoms with Crippen molar-refractivity contribution in [3.05, 3.63) is 0 Å². The zero-order chi connectivity index (χ0) is 11.4. The predicted molar refractivity (Wildman–Crippen MR) is 37.8 cm³/mol. The van der Waals surface area contributed by atoms with E-state index in [0.29, 0.717) is 0 Å². The van der Waals surface area contributed by atoms with Crippen molar-refractivity contribution in [1.82, 2.24) is 4.90 Å². The first kappa shape index (κ1) is 12.7. The highest BCUT2D eigenvalue weighted by Crippen LogP contribution is 2.15. The van der Waals surface area contributed by atoms with E-state index in [2.05, 4.69) is 0 Å². The Morgan fingerprint density at radius 2 is 1.43 bits per heavy atom. The topological polar surface area (TPSA) is 77.8 Å². The Balaban J connectivity index is 4.24. The van der Waals surface area contributed by atoms with E-state index in [9.17, 15) is 22.8 Å². The zero-order valence-corrected chi connectivity index (χ0v) is 6.91. The number of alkyl halides is 3. The molecule has 8 heteroatoms. The van der Waals surface area contributed by atoms with E-state index < -0.39 is 37.7 Å². The minimum absolute atomic E-state index is 0.282. The fourth-order valence-corrected chi connectivity index (χ4v) is 0.804. The number of carbonyl (C=O) groups is 2. The molecule has 0 aliphatic heterocycles. The Kier molecular flexibility index (Phi) is 4.35. The average Bonchev–Trinajstić information content (AvgIpc) is 1.77. The maximum Gasteiger partial charge on any atom is 0.401 e. The van der Waals surface area contributed by atoms with E-state index >= 15 is 0 Å². The lowest BCUT2D eigenvalue weighted by Gasteiger charge is -2.19. The van der Waals surface area contributed by atoms with E-state index in [4.69, 9.17) is 10.2 Å². The number of aliphatic carboxylic acids is 2. The summed E-state index contributed by atoms with van der Waals surface area (Å²) in [5, 5.41) is 16.4. The average molecular weight is 215 g/mol. The highest BCUT2D eigenvalue weighted by molar-refractivity contribution is 5.72. The second kappa shape index (κ2) is 4.80. The van der Waals surface area contributed by atoms with Gasteiger partial charge in [-0.05, 0) is 0 Å². The summed E-state index contributed by atoms with van der Waals surface area (Å²) >= 11 is 0. The summed E-state index contributed by atoms with van der Waals surface area (Å²) in [6.07, 6.45) is -4.61. The molecule has 0 heterocycles. The summed E-state index contributed by atoms with van der Waals surface area (Å²) in [5.74, 6) is -3.01. The molecule has 0 aromatic carbocycles. The lowest BCUT2D eigenvalue weighted by atomic mass is 10.4. The van der Waals surface area contributed by atoms with Crippen LogP contribution in [0.3, 0.4) is 0 Å². The van der Waals surface area contributed by atoms with Crippen molar-refractivity contribution < 1.29 is 33.0 Å². The summed E-state index contributed by atoms with van der Waals surface area (Å²) in [7, 11) is 0. The van der Waals surface area contributed by atoms with E-state index in [-0.39, 0.29) is 4.90 Å². The number of carboxylic acid groups (broad SMARTS) is 2. The fourth-order valence-electron chi connectivity index (χ4n) is 0.804. The van der Waals surface area contributed by atoms with E-state index in [1.807, 2.05) is 0 Å². The van der Waals surface area contributed by atoms with Crippen molar-refractivity contribution in [2.24, 2.45) is 0 Å². The van der Waals surface area contributed by atoms with Crippen LogP contribution in [0.4, 0.5) is 13.2 Å². The van der Waals surface area contributed by atoms with Gasteiger partial charge >= 0.3 is 18.1 Å². The molecule has 0 saturated heterocycles. The maximum absolute atomic E-state index is 11.8. The van der Waals surface area contributed by atoms with Crippen LogP contribution in [0.25, 0.3) is 0 Å². The SMILES string of the molecule is O=C(O)CN(CC(=O)O)CC(F)(F)F. The van der Waals surface area contributed by atoms with Crippen molar-refractivity contribution in [3.8, 4) is 0 Å². The van der Waals surface area contributed by atoms with Crippen molar-refractivity contribution in [1.29, 1.82) is 0 Å². The molecule has 0 aromatic rings. The molecule has 0 fully saturated rings. The lowest BCUT2D eigenvalue weighted by Crippen LogP contribution is -2.40. The molecule has 0 unspecified atom stereocenters. The van der Waals surface area contributed by atoms with Gasteiger partial charge in [-0.25, -0.2) is 0 Å². The summed E-state index contributed by atoms with van der Waals surface area (Å²) in [6.45, 7) is -3.46. The van der Waals surface area contributed by atoms with Crippen LogP contribution >= 0.6 is 0 Å². The number of hydrogen-bond donors (Lipinski definition) is 2. The lowest BCUT2D eigenvalue weighted by molar-refractivity contribution is -0.158. The molecule has 5 nitrogen and oxygen atoms in total. The Labute approximate surface area is 76.7 Å². The van der Waals surface area contributed by atoms with Crippen molar-refractivity contribution in [2.45, 2.75) is 6.18 Å². The standard InChI is InChI=1S/C6H8F3NO4/c7-6(8,9)3-10(1-4(11)12)2-5(13)14/h1-3H2,(H,11,12)(H,13,14). The molecule has 2 N–H and O–H groups in total. The minimum Gasteiger partial charge on any atom is -0.480 e. The van der Waals surface area contributed by atoms with Crippen LogP contribution in [0, 0.1) is 0 Å². The Bertz CT molecular complexity index is 212. The van der Waals surface area contributed by atoms with Crippen LogP contribution in [0.5, 0.6) is 0 Å². The first-order valence-corrected chi connectivity index (χ1v) is 3.43. The second-order valence-electron chi connectivity index (χ2n) is 2.55. The molecular formula is C6H8F3NO4. The van der Waals surface area contributed by atoms with Gasteiger partial charge in [-0.1, -0.05) is 0 Å². The third-order valence-electron chi connectivity index (χ3n) is 1.12. The second-order valence-corrected chi connectivity index (χ2v) is 2.55. The minimum atomic E-state index is -4.61. The Hall–Kier alpha value is -1.31. The fraction of sp³-hybridized carbons (Fsp3) is 0.667. The number of carboxylic acids is 2. The number of hydrogen-bond acceptors (Lipinski definition) is 3. The Morgan fingerprint density at radius 3 is 1.64 bits per heavy atom. The molecule has 14 heavy (non-hydrogen) atoms. The van der Waals surface area contributed by atoms with Gasteiger partial charge in [0, 0.05) is 0 Å². The van der Waals surface area contributed by atoms with E-state index in [1.165, 1.54) is 0 Å².